The molecule has 0 saturated carbocycles. The summed E-state index contributed by atoms with van der Waals surface area (Å²) in [6, 6.07) is 10.4. The van der Waals surface area contributed by atoms with Gasteiger partial charge in [0, 0.05) is 12.1 Å². The second kappa shape index (κ2) is 7.91. The van der Waals surface area contributed by atoms with Gasteiger partial charge in [0.2, 0.25) is 11.6 Å². The summed E-state index contributed by atoms with van der Waals surface area (Å²) in [6.07, 6.45) is 0. The van der Waals surface area contributed by atoms with E-state index in [0.29, 0.717) is 0 Å². The van der Waals surface area contributed by atoms with E-state index in [1.165, 1.54) is 36.4 Å². The molecule has 0 atom stereocenters. The van der Waals surface area contributed by atoms with E-state index in [-0.39, 0.29) is 22.8 Å². The molecule has 13 nitrogen and oxygen atoms in total. The zero-order chi connectivity index (χ0) is 21.0. The minimum Gasteiger partial charge on any atom is -0.300 e. The molecule has 0 radical (unpaired) electrons. The van der Waals surface area contributed by atoms with Gasteiger partial charge >= 0.3 is 0 Å². The molecule has 2 amide bonds. The number of para-hydroxylation sites is 2. The van der Waals surface area contributed by atoms with Crippen molar-refractivity contribution in [3.63, 3.8) is 0 Å². The first-order valence-electron chi connectivity index (χ1n) is 7.80. The number of hydrogen-bond acceptors (Lipinski definition) is 9. The molecule has 0 fully saturated rings. The second-order valence-electron chi connectivity index (χ2n) is 5.42. The number of rotatable bonds is 6. The summed E-state index contributed by atoms with van der Waals surface area (Å²) in [6.45, 7) is 0. The Labute approximate surface area is 160 Å². The van der Waals surface area contributed by atoms with Gasteiger partial charge in [0.15, 0.2) is 0 Å². The number of carbonyl (C=O) groups is 2. The molecule has 1 heterocycles. The third-order valence-electron chi connectivity index (χ3n) is 3.64. The van der Waals surface area contributed by atoms with Crippen molar-refractivity contribution in [2.75, 3.05) is 10.6 Å². The van der Waals surface area contributed by atoms with Crippen LogP contribution in [0.25, 0.3) is 0 Å². The topological polar surface area (TPSA) is 183 Å². The van der Waals surface area contributed by atoms with Gasteiger partial charge in [-0.3, -0.25) is 29.8 Å². The van der Waals surface area contributed by atoms with Gasteiger partial charge in [0.1, 0.15) is 11.1 Å². The Morgan fingerprint density at radius 1 is 0.759 bits per heavy atom. The van der Waals surface area contributed by atoms with Crippen molar-refractivity contribution >= 4 is 34.8 Å². The van der Waals surface area contributed by atoms with E-state index in [1.54, 1.807) is 0 Å². The maximum Gasteiger partial charge on any atom is 0.282 e. The molecule has 146 valence electrons. The van der Waals surface area contributed by atoms with E-state index in [0.717, 1.165) is 12.1 Å². The van der Waals surface area contributed by atoms with E-state index in [1.807, 2.05) is 0 Å². The van der Waals surface area contributed by atoms with E-state index in [9.17, 15) is 29.8 Å². The van der Waals surface area contributed by atoms with Gasteiger partial charge in [-0.1, -0.05) is 24.3 Å². The summed E-state index contributed by atoms with van der Waals surface area (Å²) >= 11 is 0. The SMILES string of the molecule is O=C(Nc1nonc1NC(=O)c1ccccc1[N+](=O)[O-])c1ccccc1[N+](=O)[O-]. The molecular formula is C16H10N6O7. The van der Waals surface area contributed by atoms with Gasteiger partial charge in [-0.15, -0.1) is 0 Å². The molecule has 29 heavy (non-hydrogen) atoms. The lowest BCUT2D eigenvalue weighted by Gasteiger charge is -2.05. The van der Waals surface area contributed by atoms with Gasteiger partial charge in [0.25, 0.3) is 23.2 Å². The van der Waals surface area contributed by atoms with Crippen LogP contribution in [-0.2, 0) is 0 Å². The summed E-state index contributed by atoms with van der Waals surface area (Å²) in [5.41, 5.74) is -1.38. The first kappa shape index (κ1) is 19.1. The summed E-state index contributed by atoms with van der Waals surface area (Å²) in [5.74, 6) is -2.46. The highest BCUT2D eigenvalue weighted by Gasteiger charge is 2.25. The molecule has 2 aromatic carbocycles. The third-order valence-corrected chi connectivity index (χ3v) is 3.64. The van der Waals surface area contributed by atoms with E-state index >= 15 is 0 Å². The molecule has 13 heteroatoms. The molecule has 3 rings (SSSR count). The Morgan fingerprint density at radius 2 is 1.14 bits per heavy atom. The number of hydrogen-bond donors (Lipinski definition) is 2. The zero-order valence-electron chi connectivity index (χ0n) is 14.3. The molecule has 0 aliphatic heterocycles. The predicted octanol–water partition coefficient (Wildman–Crippen LogP) is 2.39. The highest BCUT2D eigenvalue weighted by atomic mass is 16.6. The third kappa shape index (κ3) is 4.02. The van der Waals surface area contributed by atoms with Crippen LogP contribution in [0.15, 0.2) is 53.2 Å². The van der Waals surface area contributed by atoms with Crippen molar-refractivity contribution in [1.29, 1.82) is 0 Å². The largest absolute Gasteiger partial charge is 0.300 e. The summed E-state index contributed by atoms with van der Waals surface area (Å²) in [4.78, 5) is 45.4. The number of aromatic nitrogens is 2. The number of nitrogens with zero attached hydrogens (tertiary/aromatic N) is 4. The van der Waals surface area contributed by atoms with Crippen molar-refractivity contribution in [2.24, 2.45) is 0 Å². The van der Waals surface area contributed by atoms with Crippen LogP contribution < -0.4 is 10.6 Å². The average Bonchev–Trinajstić information content (AvgIpc) is 3.14. The zero-order valence-corrected chi connectivity index (χ0v) is 14.3. The molecule has 3 aromatic rings. The van der Waals surface area contributed by atoms with Crippen LogP contribution >= 0.6 is 0 Å². The minimum absolute atomic E-state index is 0.253. The minimum atomic E-state index is -0.894. The van der Waals surface area contributed by atoms with Crippen LogP contribution in [0.1, 0.15) is 20.7 Å². The summed E-state index contributed by atoms with van der Waals surface area (Å²) in [5, 5.41) is 33.4. The van der Waals surface area contributed by atoms with Gasteiger partial charge < -0.3 is 10.6 Å². The average molecular weight is 398 g/mol. The molecular weight excluding hydrogens is 388 g/mol. The molecule has 1 aromatic heterocycles. The van der Waals surface area contributed by atoms with Crippen molar-refractivity contribution in [3.05, 3.63) is 79.9 Å². The van der Waals surface area contributed by atoms with Gasteiger partial charge in [0.05, 0.1) is 9.85 Å². The Kier molecular flexibility index (Phi) is 5.21. The fourth-order valence-corrected chi connectivity index (χ4v) is 2.35. The Morgan fingerprint density at radius 3 is 1.52 bits per heavy atom. The maximum absolute atomic E-state index is 12.4. The van der Waals surface area contributed by atoms with Gasteiger partial charge in [-0.05, 0) is 22.4 Å². The number of carbonyl (C=O) groups excluding carboxylic acids is 2. The number of nitro groups is 2. The summed E-state index contributed by atoms with van der Waals surface area (Å²) < 4.78 is 4.48. The Balaban J connectivity index is 1.82. The molecule has 0 bridgehead atoms. The maximum atomic E-state index is 12.4. The van der Waals surface area contributed by atoms with Crippen LogP contribution in [-0.4, -0.2) is 32.0 Å². The lowest BCUT2D eigenvalue weighted by molar-refractivity contribution is -0.385. The molecule has 0 aliphatic carbocycles. The van der Waals surface area contributed by atoms with Gasteiger partial charge in [-0.25, -0.2) is 4.63 Å². The predicted molar refractivity (Wildman–Crippen MR) is 96.4 cm³/mol. The molecule has 0 saturated heterocycles. The standard InChI is InChI=1S/C16H10N6O7/c23-15(9-5-1-3-7-11(9)21(25)26)17-13-14(20-29-19-13)18-16(24)10-6-2-4-8-12(10)22(27)28/h1-8H,(H,17,19,23)(H,18,20,24). The first-order valence-corrected chi connectivity index (χ1v) is 7.80. The number of amides is 2. The van der Waals surface area contributed by atoms with Crippen LogP contribution in [0.2, 0.25) is 0 Å². The quantitative estimate of drug-likeness (QED) is 0.465. The fraction of sp³-hybridized carbons (Fsp3) is 0. The lowest BCUT2D eigenvalue weighted by atomic mass is 10.1. The second-order valence-corrected chi connectivity index (χ2v) is 5.42. The van der Waals surface area contributed by atoms with E-state index in [2.05, 4.69) is 25.6 Å². The van der Waals surface area contributed by atoms with Crippen molar-refractivity contribution in [2.45, 2.75) is 0 Å². The number of nitro benzene ring substituents is 2. The number of nitrogens with one attached hydrogen (secondary N) is 2. The Hall–Kier alpha value is -4.68. The van der Waals surface area contributed by atoms with Crippen LogP contribution in [0, 0.1) is 20.2 Å². The highest BCUT2D eigenvalue weighted by Crippen LogP contribution is 2.23. The normalized spacial score (nSPS) is 10.2. The van der Waals surface area contributed by atoms with Crippen LogP contribution in [0.5, 0.6) is 0 Å². The van der Waals surface area contributed by atoms with Gasteiger partial charge in [-0.2, -0.15) is 0 Å². The van der Waals surface area contributed by atoms with Crippen LogP contribution in [0.4, 0.5) is 23.0 Å². The lowest BCUT2D eigenvalue weighted by Crippen LogP contribution is -2.18. The molecule has 0 aliphatic rings. The monoisotopic (exact) mass is 398 g/mol. The molecule has 0 unspecified atom stereocenters. The highest BCUT2D eigenvalue weighted by molar-refractivity contribution is 6.10. The Bertz CT molecular complexity index is 1040. The fourth-order valence-electron chi connectivity index (χ4n) is 2.35. The van der Waals surface area contributed by atoms with E-state index in [4.69, 9.17) is 0 Å². The first-order chi connectivity index (χ1) is 13.9. The van der Waals surface area contributed by atoms with Crippen LogP contribution in [0.3, 0.4) is 0 Å². The number of benzene rings is 2. The smallest absolute Gasteiger partial charge is 0.282 e. The van der Waals surface area contributed by atoms with Crippen molar-refractivity contribution in [1.82, 2.24) is 10.3 Å². The number of anilines is 2. The van der Waals surface area contributed by atoms with E-state index < -0.39 is 33.0 Å². The van der Waals surface area contributed by atoms with Crippen molar-refractivity contribution < 1.29 is 24.1 Å². The molecule has 2 N–H and O–H groups in total. The van der Waals surface area contributed by atoms with Crippen molar-refractivity contribution in [3.8, 4) is 0 Å². The molecule has 0 spiro atoms. The summed E-state index contributed by atoms with van der Waals surface area (Å²) in [7, 11) is 0.